The third-order valence-corrected chi connectivity index (χ3v) is 9.45. The summed E-state index contributed by atoms with van der Waals surface area (Å²) in [4.78, 5) is 12.6. The van der Waals surface area contributed by atoms with Crippen LogP contribution in [-0.2, 0) is 9.53 Å². The lowest BCUT2D eigenvalue weighted by molar-refractivity contribution is -0.293. The molecule has 0 saturated heterocycles. The number of aliphatic hydroxyl groups excluding tert-OH is 3. The monoisotopic (exact) mass is 412 g/mol. The highest BCUT2D eigenvalue weighted by Crippen LogP contribution is 2.69. The van der Waals surface area contributed by atoms with E-state index in [1.54, 1.807) is 6.92 Å². The maximum Gasteiger partial charge on any atom is 0.309 e. The first-order valence-electron chi connectivity index (χ1n) is 11.2. The van der Waals surface area contributed by atoms with Crippen LogP contribution in [0.15, 0.2) is 0 Å². The molecule has 9 atom stereocenters. The van der Waals surface area contributed by atoms with E-state index in [4.69, 9.17) is 4.74 Å². The van der Waals surface area contributed by atoms with Crippen LogP contribution in [0.25, 0.3) is 0 Å². The van der Waals surface area contributed by atoms with Crippen LogP contribution < -0.4 is 0 Å². The zero-order chi connectivity index (χ0) is 21.2. The zero-order valence-electron chi connectivity index (χ0n) is 17.5. The molecule has 0 aromatic heterocycles. The lowest BCUT2D eigenvalue weighted by Gasteiger charge is -2.67. The predicted octanol–water partition coefficient (Wildman–Crippen LogP) is 0.742. The molecule has 4 rings (SSSR count). The minimum atomic E-state index is -1.26. The summed E-state index contributed by atoms with van der Waals surface area (Å²) in [5.74, 6) is -1.58. The summed E-state index contributed by atoms with van der Waals surface area (Å²) in [5, 5.41) is 55.4. The van der Waals surface area contributed by atoms with E-state index in [0.717, 1.165) is 0 Å². The molecule has 29 heavy (non-hydrogen) atoms. The number of carbonyl (C=O) groups excluding carboxylic acids is 1. The molecule has 0 heterocycles. The molecule has 7 nitrogen and oxygen atoms in total. The fourth-order valence-corrected chi connectivity index (χ4v) is 8.02. The van der Waals surface area contributed by atoms with Gasteiger partial charge in [0, 0.05) is 23.2 Å². The Morgan fingerprint density at radius 2 is 1.79 bits per heavy atom. The fourth-order valence-electron chi connectivity index (χ4n) is 8.02. The zero-order valence-corrected chi connectivity index (χ0v) is 17.5. The Hall–Kier alpha value is -0.730. The second kappa shape index (κ2) is 6.89. The van der Waals surface area contributed by atoms with Gasteiger partial charge >= 0.3 is 5.97 Å². The number of rotatable bonds is 3. The van der Waals surface area contributed by atoms with Gasteiger partial charge in [-0.25, -0.2) is 0 Å². The lowest BCUT2D eigenvalue weighted by atomic mass is 9.41. The number of carbonyl (C=O) groups is 1. The van der Waals surface area contributed by atoms with Gasteiger partial charge in [-0.15, -0.1) is 0 Å². The summed E-state index contributed by atoms with van der Waals surface area (Å²) in [7, 11) is 0. The molecule has 166 valence electrons. The van der Waals surface area contributed by atoms with E-state index < -0.39 is 46.1 Å². The Morgan fingerprint density at radius 1 is 1.07 bits per heavy atom. The molecule has 7 heteroatoms. The third-order valence-electron chi connectivity index (χ3n) is 9.45. The van der Waals surface area contributed by atoms with Gasteiger partial charge in [0.05, 0.1) is 42.5 Å². The second-order valence-electron chi connectivity index (χ2n) is 10.4. The summed E-state index contributed by atoms with van der Waals surface area (Å²) in [6.45, 7) is 3.64. The number of ether oxygens (including phenoxy) is 1. The van der Waals surface area contributed by atoms with Crippen molar-refractivity contribution in [1.82, 2.24) is 0 Å². The highest BCUT2D eigenvalue weighted by Gasteiger charge is 2.73. The molecule has 0 amide bonds. The van der Waals surface area contributed by atoms with E-state index in [-0.39, 0.29) is 37.9 Å². The van der Waals surface area contributed by atoms with Gasteiger partial charge in [-0.05, 0) is 57.8 Å². The SMILES string of the molecule is CCOC(=O)C1CCC2(O)C3CCC4(O)CC(O)CCC4(CO)C3C(O)CC12C. The van der Waals surface area contributed by atoms with Gasteiger partial charge in [0.15, 0.2) is 0 Å². The van der Waals surface area contributed by atoms with Crippen LogP contribution in [-0.4, -0.2) is 68.1 Å². The van der Waals surface area contributed by atoms with Crippen molar-refractivity contribution in [3.63, 3.8) is 0 Å². The van der Waals surface area contributed by atoms with Crippen molar-refractivity contribution in [3.05, 3.63) is 0 Å². The molecule has 5 N–H and O–H groups in total. The van der Waals surface area contributed by atoms with Crippen molar-refractivity contribution < 1.29 is 35.1 Å². The van der Waals surface area contributed by atoms with E-state index in [1.165, 1.54) is 0 Å². The predicted molar refractivity (Wildman–Crippen MR) is 104 cm³/mol. The van der Waals surface area contributed by atoms with E-state index >= 15 is 0 Å². The van der Waals surface area contributed by atoms with Crippen molar-refractivity contribution in [2.75, 3.05) is 13.2 Å². The molecule has 4 saturated carbocycles. The van der Waals surface area contributed by atoms with Gasteiger partial charge in [-0.3, -0.25) is 4.79 Å². The Balaban J connectivity index is 1.74. The number of esters is 1. The van der Waals surface area contributed by atoms with Crippen LogP contribution in [0.5, 0.6) is 0 Å². The van der Waals surface area contributed by atoms with Crippen LogP contribution in [0.2, 0.25) is 0 Å². The molecule has 9 unspecified atom stereocenters. The van der Waals surface area contributed by atoms with E-state index in [1.807, 2.05) is 6.92 Å². The average molecular weight is 413 g/mol. The van der Waals surface area contributed by atoms with Crippen molar-refractivity contribution in [2.45, 2.75) is 88.6 Å². The van der Waals surface area contributed by atoms with Gasteiger partial charge < -0.3 is 30.3 Å². The van der Waals surface area contributed by atoms with Gasteiger partial charge in [0.25, 0.3) is 0 Å². The summed E-state index contributed by atoms with van der Waals surface area (Å²) in [6, 6.07) is 0. The van der Waals surface area contributed by atoms with E-state index in [2.05, 4.69) is 0 Å². The van der Waals surface area contributed by atoms with E-state index in [9.17, 15) is 30.3 Å². The molecule has 4 aliphatic carbocycles. The highest BCUT2D eigenvalue weighted by molar-refractivity contribution is 5.74. The van der Waals surface area contributed by atoms with Crippen molar-refractivity contribution in [3.8, 4) is 0 Å². The minimum Gasteiger partial charge on any atom is -0.466 e. The van der Waals surface area contributed by atoms with Crippen molar-refractivity contribution in [1.29, 1.82) is 0 Å². The minimum absolute atomic E-state index is 0.185. The molecule has 0 aromatic carbocycles. The Bertz CT molecular complexity index is 670. The number of hydrogen-bond donors (Lipinski definition) is 5. The highest BCUT2D eigenvalue weighted by atomic mass is 16.5. The summed E-state index contributed by atoms with van der Waals surface area (Å²) in [5.41, 5.74) is -4.17. The topological polar surface area (TPSA) is 127 Å². The van der Waals surface area contributed by atoms with Gasteiger partial charge in [-0.1, -0.05) is 6.92 Å². The molecular weight excluding hydrogens is 376 g/mol. The summed E-state index contributed by atoms with van der Waals surface area (Å²) in [6.07, 6.45) is 1.63. The van der Waals surface area contributed by atoms with Crippen molar-refractivity contribution in [2.24, 2.45) is 28.6 Å². The van der Waals surface area contributed by atoms with E-state index in [0.29, 0.717) is 38.5 Å². The molecular formula is C22H36O7. The molecule has 0 radical (unpaired) electrons. The van der Waals surface area contributed by atoms with Gasteiger partial charge in [0.2, 0.25) is 0 Å². The summed E-state index contributed by atoms with van der Waals surface area (Å²) < 4.78 is 5.27. The van der Waals surface area contributed by atoms with Crippen LogP contribution in [0.4, 0.5) is 0 Å². The first-order chi connectivity index (χ1) is 13.6. The average Bonchev–Trinajstić information content (AvgIpc) is 2.92. The Kier molecular flexibility index (Phi) is 5.11. The smallest absolute Gasteiger partial charge is 0.309 e. The maximum absolute atomic E-state index is 12.6. The van der Waals surface area contributed by atoms with Crippen LogP contribution in [0.1, 0.15) is 65.2 Å². The Labute approximate surface area is 172 Å². The van der Waals surface area contributed by atoms with Crippen LogP contribution in [0.3, 0.4) is 0 Å². The summed E-state index contributed by atoms with van der Waals surface area (Å²) >= 11 is 0. The number of hydrogen-bond acceptors (Lipinski definition) is 7. The van der Waals surface area contributed by atoms with Gasteiger partial charge in [0.1, 0.15) is 0 Å². The molecule has 4 fully saturated rings. The Morgan fingerprint density at radius 3 is 2.45 bits per heavy atom. The second-order valence-corrected chi connectivity index (χ2v) is 10.4. The third kappa shape index (κ3) is 2.64. The van der Waals surface area contributed by atoms with Crippen molar-refractivity contribution >= 4 is 5.97 Å². The molecule has 4 aliphatic rings. The molecule has 0 aliphatic heterocycles. The van der Waals surface area contributed by atoms with Crippen LogP contribution >= 0.6 is 0 Å². The number of fused-ring (bicyclic) bond motifs is 5. The molecule has 0 aromatic rings. The maximum atomic E-state index is 12.6. The first-order valence-corrected chi connectivity index (χ1v) is 11.2. The lowest BCUT2D eigenvalue weighted by Crippen LogP contribution is -2.72. The first kappa shape index (κ1) is 21.5. The van der Waals surface area contributed by atoms with Crippen LogP contribution in [0, 0.1) is 28.6 Å². The fraction of sp³-hybridized carbons (Fsp3) is 0.955. The molecule has 0 bridgehead atoms. The normalized spacial score (nSPS) is 54.2. The van der Waals surface area contributed by atoms with Gasteiger partial charge in [-0.2, -0.15) is 0 Å². The standard InChI is InChI=1S/C22H36O7/c1-3-29-18(26)15-6-9-22(28)14-5-8-21(27)10-13(24)4-7-20(21,12-23)17(14)16(25)11-19(15,22)2/h13-17,23-25,27-28H,3-12H2,1-2H3. The quantitative estimate of drug-likeness (QED) is 0.433. The molecule has 0 spiro atoms. The number of aliphatic hydroxyl groups is 5. The largest absolute Gasteiger partial charge is 0.466 e.